The average molecular weight is 320 g/mol. The number of nitrogens with one attached hydrogen (secondary N) is 1. The molecule has 3 rings (SSSR count). The molecular formula is C16H15BrFN. The Morgan fingerprint density at radius 1 is 1.11 bits per heavy atom. The summed E-state index contributed by atoms with van der Waals surface area (Å²) < 4.78 is 14.0. The van der Waals surface area contributed by atoms with Crippen LogP contribution in [0.4, 0.5) is 10.1 Å². The van der Waals surface area contributed by atoms with Gasteiger partial charge in [0, 0.05) is 12.2 Å². The molecule has 0 radical (unpaired) electrons. The zero-order valence-electron chi connectivity index (χ0n) is 10.5. The molecule has 1 N–H and O–H groups in total. The highest BCUT2D eigenvalue weighted by atomic mass is 79.9. The molecule has 0 unspecified atom stereocenters. The van der Waals surface area contributed by atoms with Gasteiger partial charge in [-0.15, -0.1) is 0 Å². The largest absolute Gasteiger partial charge is 0.381 e. The lowest BCUT2D eigenvalue weighted by molar-refractivity contribution is 0.618. The molecule has 0 heterocycles. The fourth-order valence-corrected chi connectivity index (χ4v) is 2.97. The first kappa shape index (κ1) is 12.7. The lowest BCUT2D eigenvalue weighted by atomic mass is 10.1. The molecule has 98 valence electrons. The van der Waals surface area contributed by atoms with E-state index in [1.54, 1.807) is 6.07 Å². The maximum atomic E-state index is 13.4. The molecule has 1 nitrogen and oxygen atoms in total. The van der Waals surface area contributed by atoms with E-state index in [9.17, 15) is 4.39 Å². The molecule has 0 atom stereocenters. The second kappa shape index (κ2) is 5.33. The van der Waals surface area contributed by atoms with E-state index in [1.807, 2.05) is 6.07 Å². The quantitative estimate of drug-likeness (QED) is 0.865. The van der Waals surface area contributed by atoms with E-state index >= 15 is 0 Å². The van der Waals surface area contributed by atoms with Crippen molar-refractivity contribution in [3.8, 4) is 0 Å². The van der Waals surface area contributed by atoms with Crippen LogP contribution in [0.15, 0.2) is 40.9 Å². The van der Waals surface area contributed by atoms with Gasteiger partial charge < -0.3 is 5.32 Å². The highest BCUT2D eigenvalue weighted by molar-refractivity contribution is 9.10. The summed E-state index contributed by atoms with van der Waals surface area (Å²) in [5.41, 5.74) is 4.96. The summed E-state index contributed by atoms with van der Waals surface area (Å²) >= 11 is 3.29. The molecule has 0 bridgehead atoms. The fraction of sp³-hybridized carbons (Fsp3) is 0.250. The number of aryl methyl sites for hydroxylation is 2. The molecule has 2 aromatic carbocycles. The molecule has 0 saturated carbocycles. The minimum absolute atomic E-state index is 0.215. The first-order valence-electron chi connectivity index (χ1n) is 6.52. The molecule has 1 aliphatic carbocycles. The molecule has 0 spiro atoms. The molecule has 0 aromatic heterocycles. The normalized spacial score (nSPS) is 13.4. The summed E-state index contributed by atoms with van der Waals surface area (Å²) in [4.78, 5) is 0. The van der Waals surface area contributed by atoms with E-state index in [2.05, 4.69) is 39.4 Å². The maximum Gasteiger partial charge on any atom is 0.137 e. The van der Waals surface area contributed by atoms with Crippen LogP contribution in [0.5, 0.6) is 0 Å². The van der Waals surface area contributed by atoms with Gasteiger partial charge in [0.25, 0.3) is 0 Å². The Hall–Kier alpha value is -1.35. The fourth-order valence-electron chi connectivity index (χ4n) is 2.56. The highest BCUT2D eigenvalue weighted by Crippen LogP contribution is 2.26. The first-order chi connectivity index (χ1) is 9.24. The van der Waals surface area contributed by atoms with Gasteiger partial charge in [0.1, 0.15) is 5.82 Å². The second-order valence-electron chi connectivity index (χ2n) is 4.90. The van der Waals surface area contributed by atoms with Crippen LogP contribution in [0.1, 0.15) is 23.1 Å². The SMILES string of the molecule is Fc1cccc(CNc2ccc3c(c2)CCC3)c1Br. The van der Waals surface area contributed by atoms with Crippen molar-refractivity contribution < 1.29 is 4.39 Å². The van der Waals surface area contributed by atoms with Crippen LogP contribution in [0.25, 0.3) is 0 Å². The van der Waals surface area contributed by atoms with Crippen molar-refractivity contribution in [1.29, 1.82) is 0 Å². The number of halogens is 2. The van der Waals surface area contributed by atoms with Crippen LogP contribution in [0.3, 0.4) is 0 Å². The molecule has 0 fully saturated rings. The summed E-state index contributed by atoms with van der Waals surface area (Å²) in [5, 5.41) is 3.36. The molecule has 0 aliphatic heterocycles. The maximum absolute atomic E-state index is 13.4. The van der Waals surface area contributed by atoms with Gasteiger partial charge in [0.05, 0.1) is 4.47 Å². The molecule has 0 saturated heterocycles. The third-order valence-corrected chi connectivity index (χ3v) is 4.50. The summed E-state index contributed by atoms with van der Waals surface area (Å²) in [5.74, 6) is -0.215. The van der Waals surface area contributed by atoms with Crippen LogP contribution in [-0.2, 0) is 19.4 Å². The van der Waals surface area contributed by atoms with E-state index in [1.165, 1.54) is 36.5 Å². The minimum atomic E-state index is -0.215. The predicted octanol–water partition coefficient (Wildman–Crippen LogP) is 4.69. The van der Waals surface area contributed by atoms with E-state index in [-0.39, 0.29) is 5.82 Å². The van der Waals surface area contributed by atoms with E-state index in [0.29, 0.717) is 11.0 Å². The molecule has 1 aliphatic rings. The Bertz CT molecular complexity index is 610. The van der Waals surface area contributed by atoms with Crippen molar-refractivity contribution >= 4 is 21.6 Å². The van der Waals surface area contributed by atoms with Crippen molar-refractivity contribution in [3.05, 3.63) is 63.4 Å². The zero-order chi connectivity index (χ0) is 13.2. The van der Waals surface area contributed by atoms with Gasteiger partial charge in [-0.05, 0) is 70.1 Å². The molecule has 3 heteroatoms. The Morgan fingerprint density at radius 2 is 1.95 bits per heavy atom. The summed E-state index contributed by atoms with van der Waals surface area (Å²) in [6.07, 6.45) is 3.63. The third-order valence-electron chi connectivity index (χ3n) is 3.61. The van der Waals surface area contributed by atoms with Gasteiger partial charge in [0.15, 0.2) is 0 Å². The Morgan fingerprint density at radius 3 is 2.84 bits per heavy atom. The van der Waals surface area contributed by atoms with Crippen LogP contribution in [-0.4, -0.2) is 0 Å². The number of anilines is 1. The van der Waals surface area contributed by atoms with Gasteiger partial charge in [0.2, 0.25) is 0 Å². The van der Waals surface area contributed by atoms with Crippen LogP contribution >= 0.6 is 15.9 Å². The second-order valence-corrected chi connectivity index (χ2v) is 5.70. The number of benzene rings is 2. The summed E-state index contributed by atoms with van der Waals surface area (Å²) in [6.45, 7) is 0.622. The predicted molar refractivity (Wildman–Crippen MR) is 79.9 cm³/mol. The molecular weight excluding hydrogens is 305 g/mol. The summed E-state index contributed by atoms with van der Waals surface area (Å²) in [7, 11) is 0. The van der Waals surface area contributed by atoms with Gasteiger partial charge in [-0.25, -0.2) is 4.39 Å². The van der Waals surface area contributed by atoms with Crippen molar-refractivity contribution in [2.45, 2.75) is 25.8 Å². The zero-order valence-corrected chi connectivity index (χ0v) is 12.1. The molecule has 2 aromatic rings. The highest BCUT2D eigenvalue weighted by Gasteiger charge is 2.11. The number of fused-ring (bicyclic) bond motifs is 1. The standard InChI is InChI=1S/C16H15BrFN/c17-16-13(5-2-6-15(16)18)10-19-14-8-7-11-3-1-4-12(11)9-14/h2,5-9,19H,1,3-4,10H2. The van der Waals surface area contributed by atoms with Crippen molar-refractivity contribution in [2.24, 2.45) is 0 Å². The topological polar surface area (TPSA) is 12.0 Å². The van der Waals surface area contributed by atoms with Crippen molar-refractivity contribution in [3.63, 3.8) is 0 Å². The van der Waals surface area contributed by atoms with Gasteiger partial charge >= 0.3 is 0 Å². The Labute approximate surface area is 121 Å². The first-order valence-corrected chi connectivity index (χ1v) is 7.32. The van der Waals surface area contributed by atoms with Crippen LogP contribution in [0.2, 0.25) is 0 Å². The smallest absolute Gasteiger partial charge is 0.137 e. The average Bonchev–Trinajstić information content (AvgIpc) is 2.88. The van der Waals surface area contributed by atoms with Crippen molar-refractivity contribution in [1.82, 2.24) is 0 Å². The third kappa shape index (κ3) is 2.66. The molecule has 0 amide bonds. The van der Waals surface area contributed by atoms with Gasteiger partial charge in [-0.3, -0.25) is 0 Å². The minimum Gasteiger partial charge on any atom is -0.381 e. The number of rotatable bonds is 3. The van der Waals surface area contributed by atoms with Crippen LogP contribution in [0, 0.1) is 5.82 Å². The lowest BCUT2D eigenvalue weighted by Crippen LogP contribution is -2.01. The monoisotopic (exact) mass is 319 g/mol. The molecule has 19 heavy (non-hydrogen) atoms. The summed E-state index contributed by atoms with van der Waals surface area (Å²) in [6, 6.07) is 11.6. The van der Waals surface area contributed by atoms with E-state index < -0.39 is 0 Å². The van der Waals surface area contributed by atoms with Crippen molar-refractivity contribution in [2.75, 3.05) is 5.32 Å². The Balaban J connectivity index is 1.74. The van der Waals surface area contributed by atoms with Crippen LogP contribution < -0.4 is 5.32 Å². The Kier molecular flexibility index (Phi) is 3.56. The van der Waals surface area contributed by atoms with Gasteiger partial charge in [-0.1, -0.05) is 18.2 Å². The van der Waals surface area contributed by atoms with E-state index in [4.69, 9.17) is 0 Å². The van der Waals surface area contributed by atoms with Gasteiger partial charge in [-0.2, -0.15) is 0 Å². The number of hydrogen-bond donors (Lipinski definition) is 1. The van der Waals surface area contributed by atoms with E-state index in [0.717, 1.165) is 11.3 Å². The number of hydrogen-bond acceptors (Lipinski definition) is 1. The lowest BCUT2D eigenvalue weighted by Gasteiger charge is -2.10.